The van der Waals surface area contributed by atoms with Gasteiger partial charge in [-0.3, -0.25) is 4.79 Å². The van der Waals surface area contributed by atoms with Gasteiger partial charge in [0.15, 0.2) is 0 Å². The van der Waals surface area contributed by atoms with Gasteiger partial charge in [0.25, 0.3) is 0 Å². The Morgan fingerprint density at radius 1 is 0.783 bits per heavy atom. The number of aryl methyl sites for hydroxylation is 1. The molecule has 23 heavy (non-hydrogen) atoms. The molecule has 0 aromatic heterocycles. The molecule has 0 spiro atoms. The lowest BCUT2D eigenvalue weighted by atomic mass is 10.1. The third-order valence-corrected chi connectivity index (χ3v) is 4.24. The van der Waals surface area contributed by atoms with Gasteiger partial charge in [-0.1, -0.05) is 88.8 Å². The highest BCUT2D eigenvalue weighted by molar-refractivity contribution is 5.72. The van der Waals surface area contributed by atoms with Crippen LogP contribution >= 0.6 is 0 Å². The molecule has 0 saturated heterocycles. The third kappa shape index (κ3) is 11.0. The molecule has 0 atom stereocenters. The van der Waals surface area contributed by atoms with E-state index in [4.69, 9.17) is 4.74 Å². The molecule has 1 aromatic rings. The van der Waals surface area contributed by atoms with E-state index < -0.39 is 0 Å². The summed E-state index contributed by atoms with van der Waals surface area (Å²) in [6.45, 7) is 4.29. The van der Waals surface area contributed by atoms with Gasteiger partial charge in [0, 0.05) is 6.42 Å². The number of hydrogen-bond donors (Lipinski definition) is 0. The van der Waals surface area contributed by atoms with Crippen molar-refractivity contribution in [3.8, 4) is 5.75 Å². The van der Waals surface area contributed by atoms with E-state index in [1.165, 1.54) is 63.4 Å². The first-order valence-electron chi connectivity index (χ1n) is 9.49. The lowest BCUT2D eigenvalue weighted by molar-refractivity contribution is -0.134. The smallest absolute Gasteiger partial charge is 0.311 e. The van der Waals surface area contributed by atoms with Crippen LogP contribution in [0.3, 0.4) is 0 Å². The summed E-state index contributed by atoms with van der Waals surface area (Å²) >= 11 is 0. The van der Waals surface area contributed by atoms with Gasteiger partial charge < -0.3 is 4.74 Å². The zero-order valence-corrected chi connectivity index (χ0v) is 15.1. The molecule has 0 fully saturated rings. The molecule has 1 aromatic carbocycles. The Hall–Kier alpha value is -1.31. The van der Waals surface area contributed by atoms with Gasteiger partial charge in [0.2, 0.25) is 0 Å². The van der Waals surface area contributed by atoms with Crippen molar-refractivity contribution in [1.29, 1.82) is 0 Å². The molecular weight excluding hydrogens is 284 g/mol. The van der Waals surface area contributed by atoms with Gasteiger partial charge >= 0.3 is 5.97 Å². The lowest BCUT2D eigenvalue weighted by Gasteiger charge is -2.05. The van der Waals surface area contributed by atoms with E-state index >= 15 is 0 Å². The van der Waals surface area contributed by atoms with E-state index in [1.54, 1.807) is 0 Å². The van der Waals surface area contributed by atoms with Gasteiger partial charge in [-0.15, -0.1) is 0 Å². The minimum absolute atomic E-state index is 0.107. The highest BCUT2D eigenvalue weighted by Gasteiger charge is 2.04. The summed E-state index contributed by atoms with van der Waals surface area (Å²) in [5, 5.41) is 0. The number of hydrogen-bond acceptors (Lipinski definition) is 2. The van der Waals surface area contributed by atoms with Gasteiger partial charge in [-0.05, 0) is 25.5 Å². The summed E-state index contributed by atoms with van der Waals surface area (Å²) in [6.07, 6.45) is 14.8. The van der Waals surface area contributed by atoms with Crippen LogP contribution in [0.4, 0.5) is 0 Å². The number of unbranched alkanes of at least 4 members (excludes halogenated alkanes) is 10. The Kier molecular flexibility index (Phi) is 11.3. The van der Waals surface area contributed by atoms with Crippen LogP contribution < -0.4 is 4.74 Å². The number of rotatable bonds is 13. The van der Waals surface area contributed by atoms with Crippen LogP contribution in [0.5, 0.6) is 5.75 Å². The summed E-state index contributed by atoms with van der Waals surface area (Å²) in [4.78, 5) is 11.7. The Bertz CT molecular complexity index is 408. The summed E-state index contributed by atoms with van der Waals surface area (Å²) in [5.74, 6) is 0.549. The fourth-order valence-electron chi connectivity index (χ4n) is 2.72. The van der Waals surface area contributed by atoms with Crippen LogP contribution in [0.25, 0.3) is 0 Å². The maximum absolute atomic E-state index is 11.7. The standard InChI is InChI=1S/C21H34O2/c1-3-4-5-6-7-8-9-10-11-12-13-14-21(22)23-20-17-15-19(2)16-18-20/h15-18H,3-14H2,1-2H3. The maximum Gasteiger partial charge on any atom is 0.311 e. The minimum Gasteiger partial charge on any atom is -0.427 e. The summed E-state index contributed by atoms with van der Waals surface area (Å²) in [5.41, 5.74) is 1.18. The molecule has 0 unspecified atom stereocenters. The molecule has 2 nitrogen and oxygen atoms in total. The van der Waals surface area contributed by atoms with Crippen molar-refractivity contribution in [1.82, 2.24) is 0 Å². The monoisotopic (exact) mass is 318 g/mol. The number of esters is 1. The van der Waals surface area contributed by atoms with Crippen molar-refractivity contribution in [3.63, 3.8) is 0 Å². The zero-order valence-electron chi connectivity index (χ0n) is 15.1. The average Bonchev–Trinajstić information content (AvgIpc) is 2.55. The summed E-state index contributed by atoms with van der Waals surface area (Å²) < 4.78 is 5.32. The first-order valence-corrected chi connectivity index (χ1v) is 9.49. The Morgan fingerprint density at radius 2 is 1.26 bits per heavy atom. The molecule has 0 aliphatic heterocycles. The molecule has 0 aliphatic carbocycles. The largest absolute Gasteiger partial charge is 0.427 e. The van der Waals surface area contributed by atoms with Gasteiger partial charge in [0.1, 0.15) is 5.75 Å². The van der Waals surface area contributed by atoms with Crippen LogP contribution in [0.15, 0.2) is 24.3 Å². The van der Waals surface area contributed by atoms with Crippen LogP contribution in [0, 0.1) is 6.92 Å². The van der Waals surface area contributed by atoms with E-state index in [0.717, 1.165) is 12.8 Å². The quantitative estimate of drug-likeness (QED) is 0.232. The molecule has 0 amide bonds. The van der Waals surface area contributed by atoms with Crippen LogP contribution in [-0.4, -0.2) is 5.97 Å². The third-order valence-electron chi connectivity index (χ3n) is 4.24. The van der Waals surface area contributed by atoms with Gasteiger partial charge in [-0.2, -0.15) is 0 Å². The molecule has 0 N–H and O–H groups in total. The topological polar surface area (TPSA) is 26.3 Å². The van der Waals surface area contributed by atoms with E-state index in [9.17, 15) is 4.79 Å². The minimum atomic E-state index is -0.107. The van der Waals surface area contributed by atoms with Crippen LogP contribution in [0.2, 0.25) is 0 Å². The molecule has 130 valence electrons. The Morgan fingerprint density at radius 3 is 1.78 bits per heavy atom. The second-order valence-corrected chi connectivity index (χ2v) is 6.57. The van der Waals surface area contributed by atoms with E-state index in [0.29, 0.717) is 12.2 Å². The fraction of sp³-hybridized carbons (Fsp3) is 0.667. The van der Waals surface area contributed by atoms with Gasteiger partial charge in [0.05, 0.1) is 0 Å². The highest BCUT2D eigenvalue weighted by Crippen LogP contribution is 2.14. The fourth-order valence-corrected chi connectivity index (χ4v) is 2.72. The van der Waals surface area contributed by atoms with Crippen molar-refractivity contribution >= 4 is 5.97 Å². The Balaban J connectivity index is 1.90. The van der Waals surface area contributed by atoms with E-state index in [1.807, 2.05) is 31.2 Å². The number of benzene rings is 1. The molecule has 1 rings (SSSR count). The van der Waals surface area contributed by atoms with Crippen molar-refractivity contribution in [3.05, 3.63) is 29.8 Å². The molecular formula is C21H34O2. The summed E-state index contributed by atoms with van der Waals surface area (Å²) in [6, 6.07) is 7.64. The lowest BCUT2D eigenvalue weighted by Crippen LogP contribution is -2.07. The normalized spacial score (nSPS) is 10.7. The maximum atomic E-state index is 11.7. The second kappa shape index (κ2) is 13.2. The predicted octanol–water partition coefficient (Wildman–Crippen LogP) is 6.60. The zero-order chi connectivity index (χ0) is 16.8. The molecule has 0 radical (unpaired) electrons. The number of carbonyl (C=O) groups excluding carboxylic acids is 1. The van der Waals surface area contributed by atoms with Gasteiger partial charge in [-0.25, -0.2) is 0 Å². The first-order chi connectivity index (χ1) is 11.2. The van der Waals surface area contributed by atoms with E-state index in [-0.39, 0.29) is 5.97 Å². The van der Waals surface area contributed by atoms with Crippen molar-refractivity contribution in [2.75, 3.05) is 0 Å². The molecule has 0 aliphatic rings. The Labute approximate surface area is 142 Å². The number of ether oxygens (including phenoxy) is 1. The number of carbonyl (C=O) groups is 1. The van der Waals surface area contributed by atoms with Crippen molar-refractivity contribution in [2.24, 2.45) is 0 Å². The van der Waals surface area contributed by atoms with Crippen LogP contribution in [-0.2, 0) is 4.79 Å². The molecule has 0 bridgehead atoms. The SMILES string of the molecule is CCCCCCCCCCCCCC(=O)Oc1ccc(C)cc1. The summed E-state index contributed by atoms with van der Waals surface area (Å²) in [7, 11) is 0. The molecule has 0 saturated carbocycles. The average molecular weight is 319 g/mol. The first kappa shape index (κ1) is 19.7. The molecule has 0 heterocycles. The van der Waals surface area contributed by atoms with Crippen LogP contribution in [0.1, 0.15) is 89.5 Å². The molecule has 2 heteroatoms. The van der Waals surface area contributed by atoms with Crippen molar-refractivity contribution in [2.45, 2.75) is 90.9 Å². The highest BCUT2D eigenvalue weighted by atomic mass is 16.5. The second-order valence-electron chi connectivity index (χ2n) is 6.57. The van der Waals surface area contributed by atoms with E-state index in [2.05, 4.69) is 6.92 Å². The van der Waals surface area contributed by atoms with Crippen molar-refractivity contribution < 1.29 is 9.53 Å². The predicted molar refractivity (Wildman–Crippen MR) is 97.9 cm³/mol.